The predicted octanol–water partition coefficient (Wildman–Crippen LogP) is 4.34. The maximum atomic E-state index is 13.5. The van der Waals surface area contributed by atoms with Crippen molar-refractivity contribution in [2.24, 2.45) is 0 Å². The van der Waals surface area contributed by atoms with Gasteiger partial charge in [-0.2, -0.15) is 13.2 Å². The summed E-state index contributed by atoms with van der Waals surface area (Å²) >= 11 is 0.752. The van der Waals surface area contributed by atoms with Gasteiger partial charge in [0.25, 0.3) is 0 Å². The summed E-state index contributed by atoms with van der Waals surface area (Å²) in [7, 11) is 3.22. The third-order valence-electron chi connectivity index (χ3n) is 6.23. The molecule has 0 bridgehead atoms. The van der Waals surface area contributed by atoms with E-state index in [4.69, 9.17) is 14.2 Å². The Balaban J connectivity index is 1.54. The van der Waals surface area contributed by atoms with Gasteiger partial charge in [0.15, 0.2) is 0 Å². The fraction of sp³-hybridized carbons (Fsp3) is 0.545. The third-order valence-corrected chi connectivity index (χ3v) is 7.73. The second-order valence-electron chi connectivity index (χ2n) is 7.92. The lowest BCUT2D eigenvalue weighted by Crippen LogP contribution is -2.45. The fourth-order valence-corrected chi connectivity index (χ4v) is 6.04. The Kier molecular flexibility index (Phi) is 6.22. The van der Waals surface area contributed by atoms with Crippen LogP contribution in [0.4, 0.5) is 13.2 Å². The van der Waals surface area contributed by atoms with E-state index in [-0.39, 0.29) is 5.56 Å². The molecule has 1 saturated heterocycles. The van der Waals surface area contributed by atoms with Crippen molar-refractivity contribution in [3.63, 3.8) is 0 Å². The molecule has 0 unspecified atom stereocenters. The topological polar surface area (TPSA) is 51.2 Å². The van der Waals surface area contributed by atoms with E-state index in [1.165, 1.54) is 0 Å². The van der Waals surface area contributed by atoms with Crippen LogP contribution in [0, 0.1) is 0 Å². The average Bonchev–Trinajstić information content (AvgIpc) is 3.16. The summed E-state index contributed by atoms with van der Waals surface area (Å²) in [4.78, 5) is 2.23. The minimum absolute atomic E-state index is 0.0283. The normalized spacial score (nSPS) is 18.8. The van der Waals surface area contributed by atoms with Gasteiger partial charge < -0.3 is 19.3 Å². The van der Waals surface area contributed by atoms with Gasteiger partial charge >= 0.3 is 6.18 Å². The zero-order chi connectivity index (χ0) is 22.2. The number of aliphatic hydroxyl groups excluding tert-OH is 1. The highest BCUT2D eigenvalue weighted by Crippen LogP contribution is 2.50. The van der Waals surface area contributed by atoms with Gasteiger partial charge in [0.05, 0.1) is 27.4 Å². The van der Waals surface area contributed by atoms with Gasteiger partial charge in [-0.25, -0.2) is 0 Å². The van der Waals surface area contributed by atoms with E-state index in [9.17, 15) is 18.3 Å². The number of thiophene rings is 1. The summed E-state index contributed by atoms with van der Waals surface area (Å²) in [6, 6.07) is 5.71. The number of rotatable bonds is 5. The molecule has 4 rings (SSSR count). The Labute approximate surface area is 183 Å². The van der Waals surface area contributed by atoms with Crippen LogP contribution in [0.3, 0.4) is 0 Å². The van der Waals surface area contributed by atoms with E-state index in [0.717, 1.165) is 28.4 Å². The third kappa shape index (κ3) is 4.16. The van der Waals surface area contributed by atoms with E-state index < -0.39 is 23.3 Å². The van der Waals surface area contributed by atoms with Gasteiger partial charge in [0, 0.05) is 41.7 Å². The van der Waals surface area contributed by atoms with E-state index in [2.05, 4.69) is 4.90 Å². The van der Waals surface area contributed by atoms with Crippen molar-refractivity contribution >= 4 is 11.3 Å². The largest absolute Gasteiger partial charge is 0.497 e. The number of benzene rings is 1. The van der Waals surface area contributed by atoms with Gasteiger partial charge in [-0.15, -0.1) is 11.3 Å². The highest BCUT2D eigenvalue weighted by molar-refractivity contribution is 7.12. The number of hydrogen-bond donors (Lipinski definition) is 1. The number of ether oxygens (including phenoxy) is 3. The number of alkyl halides is 3. The lowest BCUT2D eigenvalue weighted by atomic mass is 9.84. The highest BCUT2D eigenvalue weighted by atomic mass is 32.1. The number of piperidine rings is 1. The first-order chi connectivity index (χ1) is 14.8. The molecule has 2 aromatic rings. The lowest BCUT2D eigenvalue weighted by Gasteiger charge is -2.44. The van der Waals surface area contributed by atoms with E-state index in [1.54, 1.807) is 14.2 Å². The zero-order valence-electron chi connectivity index (χ0n) is 17.6. The van der Waals surface area contributed by atoms with E-state index in [0.29, 0.717) is 55.9 Å². The zero-order valence-corrected chi connectivity index (χ0v) is 18.4. The van der Waals surface area contributed by atoms with Gasteiger partial charge in [-0.1, -0.05) is 6.07 Å². The Bertz CT molecular complexity index is 936. The number of fused-ring (bicyclic) bond motifs is 2. The van der Waals surface area contributed by atoms with Crippen LogP contribution in [0.2, 0.25) is 0 Å². The van der Waals surface area contributed by atoms with Crippen LogP contribution in [0.15, 0.2) is 18.2 Å². The summed E-state index contributed by atoms with van der Waals surface area (Å²) in [6.45, 7) is 1.85. The summed E-state index contributed by atoms with van der Waals surface area (Å²) < 4.78 is 57.5. The van der Waals surface area contributed by atoms with Crippen LogP contribution in [0.25, 0.3) is 0 Å². The second kappa shape index (κ2) is 8.61. The molecule has 2 aliphatic rings. The second-order valence-corrected chi connectivity index (χ2v) is 8.94. The molecule has 0 atom stereocenters. The van der Waals surface area contributed by atoms with Crippen LogP contribution >= 0.6 is 11.3 Å². The first-order valence-corrected chi connectivity index (χ1v) is 11.0. The predicted molar refractivity (Wildman–Crippen MR) is 111 cm³/mol. The molecule has 170 valence electrons. The van der Waals surface area contributed by atoms with Gasteiger partial charge in [-0.3, -0.25) is 4.90 Å². The Morgan fingerprint density at radius 2 is 1.94 bits per heavy atom. The quantitative estimate of drug-likeness (QED) is 0.724. The number of halogens is 3. The van der Waals surface area contributed by atoms with Crippen molar-refractivity contribution in [2.75, 3.05) is 33.9 Å². The number of nitrogens with zero attached hydrogens (tertiary/aromatic N) is 1. The first-order valence-electron chi connectivity index (χ1n) is 10.2. The molecule has 3 heterocycles. The van der Waals surface area contributed by atoms with Crippen molar-refractivity contribution in [1.29, 1.82) is 0 Å². The Morgan fingerprint density at radius 1 is 1.19 bits per heavy atom. The molecule has 9 heteroatoms. The minimum Gasteiger partial charge on any atom is -0.497 e. The standard InChI is InChI=1S/C22H26F3NO4S/c1-28-15-4-3-14(18(11-15)29-2)12-26-8-6-21(7-9-26)19-16(5-10-30-21)17(13-27)20(31-19)22(23,24)25/h3-4,11,27H,5-10,12-13H2,1-2H3. The molecule has 5 nitrogen and oxygen atoms in total. The fourth-order valence-electron chi connectivity index (χ4n) is 4.61. The summed E-state index contributed by atoms with van der Waals surface area (Å²) in [5.74, 6) is 1.47. The summed E-state index contributed by atoms with van der Waals surface area (Å²) in [5.41, 5.74) is 0.992. The SMILES string of the molecule is COc1ccc(CN2CCC3(CC2)OCCc2c3sc(C(F)(F)F)c2CO)c(OC)c1. The monoisotopic (exact) mass is 457 g/mol. The van der Waals surface area contributed by atoms with Crippen LogP contribution in [0.5, 0.6) is 11.5 Å². The highest BCUT2D eigenvalue weighted by Gasteiger charge is 2.47. The molecule has 0 amide bonds. The van der Waals surface area contributed by atoms with Crippen molar-refractivity contribution in [2.45, 2.75) is 44.2 Å². The lowest BCUT2D eigenvalue weighted by molar-refractivity contribution is -0.135. The summed E-state index contributed by atoms with van der Waals surface area (Å²) in [6.07, 6.45) is -2.83. The molecule has 0 radical (unpaired) electrons. The van der Waals surface area contributed by atoms with Crippen molar-refractivity contribution in [3.8, 4) is 11.5 Å². The maximum Gasteiger partial charge on any atom is 0.425 e. The molecular weight excluding hydrogens is 431 g/mol. The van der Waals surface area contributed by atoms with E-state index >= 15 is 0 Å². The molecule has 0 saturated carbocycles. The molecule has 1 fully saturated rings. The molecule has 1 spiro atoms. The summed E-state index contributed by atoms with van der Waals surface area (Å²) in [5, 5.41) is 9.64. The Hall–Kier alpha value is -1.81. The van der Waals surface area contributed by atoms with Gasteiger partial charge in [0.2, 0.25) is 0 Å². The first kappa shape index (κ1) is 22.4. The van der Waals surface area contributed by atoms with Crippen LogP contribution < -0.4 is 9.47 Å². The van der Waals surface area contributed by atoms with Gasteiger partial charge in [0.1, 0.15) is 22.0 Å². The molecule has 1 aromatic carbocycles. The number of methoxy groups -OCH3 is 2. The molecule has 1 N–H and O–H groups in total. The maximum absolute atomic E-state index is 13.5. The van der Waals surface area contributed by atoms with Crippen molar-refractivity contribution in [1.82, 2.24) is 4.90 Å². The molecule has 2 aliphatic heterocycles. The molecule has 1 aromatic heterocycles. The molecule has 31 heavy (non-hydrogen) atoms. The molecule has 0 aliphatic carbocycles. The van der Waals surface area contributed by atoms with Crippen LogP contribution in [-0.4, -0.2) is 43.9 Å². The average molecular weight is 458 g/mol. The smallest absolute Gasteiger partial charge is 0.425 e. The minimum atomic E-state index is -4.47. The van der Waals surface area contributed by atoms with Crippen LogP contribution in [0.1, 0.15) is 39.3 Å². The Morgan fingerprint density at radius 3 is 2.55 bits per heavy atom. The van der Waals surface area contributed by atoms with Crippen molar-refractivity contribution in [3.05, 3.63) is 44.6 Å². The van der Waals surface area contributed by atoms with E-state index in [1.807, 2.05) is 18.2 Å². The number of aliphatic hydroxyl groups is 1. The molecular formula is C22H26F3NO4S. The van der Waals surface area contributed by atoms with Crippen LogP contribution in [-0.2, 0) is 36.1 Å². The number of likely N-dealkylation sites (tertiary alicyclic amines) is 1. The number of hydrogen-bond acceptors (Lipinski definition) is 6. The van der Waals surface area contributed by atoms with Crippen molar-refractivity contribution < 1.29 is 32.5 Å². The van der Waals surface area contributed by atoms with Gasteiger partial charge in [-0.05, 0) is 30.9 Å².